The van der Waals surface area contributed by atoms with Gasteiger partial charge in [0.25, 0.3) is 0 Å². The minimum absolute atomic E-state index is 0. The normalized spacial score (nSPS) is 9.40. The summed E-state index contributed by atoms with van der Waals surface area (Å²) in [5.41, 5.74) is 0. The molecule has 0 aromatic carbocycles. The smallest absolute Gasteiger partial charge is 1.00 e. The van der Waals surface area contributed by atoms with Crippen molar-refractivity contribution in [3.63, 3.8) is 0 Å². The van der Waals surface area contributed by atoms with Crippen LogP contribution in [0.3, 0.4) is 0 Å². The van der Waals surface area contributed by atoms with E-state index in [1.807, 2.05) is 0 Å². The van der Waals surface area contributed by atoms with Gasteiger partial charge in [-0.15, -0.1) is 0 Å². The van der Waals surface area contributed by atoms with Gasteiger partial charge in [0.05, 0.1) is 0 Å². The van der Waals surface area contributed by atoms with E-state index in [4.69, 9.17) is 3.79 Å². The van der Waals surface area contributed by atoms with Crippen LogP contribution in [-0.2, 0) is 3.79 Å². The van der Waals surface area contributed by atoms with E-state index in [-0.39, 0.29) is 1.43 Å². The SMILES string of the molecule is CCCC[O][Al+][CH2]CCC.[H-]. The summed E-state index contributed by atoms with van der Waals surface area (Å²) >= 11 is 0.314. The van der Waals surface area contributed by atoms with Crippen molar-refractivity contribution in [2.45, 2.75) is 44.8 Å². The molecule has 10 heavy (non-hydrogen) atoms. The van der Waals surface area contributed by atoms with E-state index >= 15 is 0 Å². The zero-order valence-electron chi connectivity index (χ0n) is 8.23. The van der Waals surface area contributed by atoms with Gasteiger partial charge in [0.1, 0.15) is 0 Å². The number of hydrogen-bond acceptors (Lipinski definition) is 1. The molecule has 0 spiro atoms. The molecule has 0 fully saturated rings. The molecule has 1 nitrogen and oxygen atoms in total. The van der Waals surface area contributed by atoms with Crippen LogP contribution in [0.5, 0.6) is 0 Å². The molecule has 0 atom stereocenters. The van der Waals surface area contributed by atoms with Crippen LogP contribution in [0.4, 0.5) is 0 Å². The molecule has 0 N–H and O–H groups in total. The molecule has 0 amide bonds. The summed E-state index contributed by atoms with van der Waals surface area (Å²) in [6.07, 6.45) is 5.15. The summed E-state index contributed by atoms with van der Waals surface area (Å²) in [5, 5.41) is 1.32. The molecule has 0 bridgehead atoms. The molecule has 60 valence electrons. The van der Waals surface area contributed by atoms with Gasteiger partial charge >= 0.3 is 70.8 Å². The van der Waals surface area contributed by atoms with Crippen LogP contribution in [0.15, 0.2) is 0 Å². The zero-order chi connectivity index (χ0) is 7.66. The first kappa shape index (κ1) is 10.5. The summed E-state index contributed by atoms with van der Waals surface area (Å²) in [5.74, 6) is 0. The van der Waals surface area contributed by atoms with Crippen LogP contribution in [0.2, 0.25) is 5.28 Å². The summed E-state index contributed by atoms with van der Waals surface area (Å²) < 4.78 is 5.46. The molecule has 0 aliphatic heterocycles. The maximum absolute atomic E-state index is 5.46. The van der Waals surface area contributed by atoms with E-state index in [0.717, 1.165) is 6.61 Å². The van der Waals surface area contributed by atoms with Crippen molar-refractivity contribution >= 4 is 15.6 Å². The molecule has 0 radical (unpaired) electrons. The van der Waals surface area contributed by atoms with Crippen molar-refractivity contribution in [1.29, 1.82) is 0 Å². The van der Waals surface area contributed by atoms with E-state index in [2.05, 4.69) is 13.8 Å². The summed E-state index contributed by atoms with van der Waals surface area (Å²) in [4.78, 5) is 0. The van der Waals surface area contributed by atoms with Gasteiger partial charge in [-0.2, -0.15) is 0 Å². The molecule has 0 aliphatic rings. The first-order valence-corrected chi connectivity index (χ1v) is 5.63. The largest absolute Gasteiger partial charge is 1.00 e. The molecule has 0 saturated heterocycles. The molecule has 0 saturated carbocycles. The monoisotopic (exact) mass is 158 g/mol. The fourth-order valence-electron chi connectivity index (χ4n) is 0.682. The Morgan fingerprint density at radius 2 is 1.90 bits per heavy atom. The van der Waals surface area contributed by atoms with Gasteiger partial charge in [-0.3, -0.25) is 0 Å². The first-order chi connectivity index (χ1) is 4.91. The fourth-order valence-corrected chi connectivity index (χ4v) is 1.76. The minimum Gasteiger partial charge on any atom is -1.00 e. The van der Waals surface area contributed by atoms with Gasteiger partial charge in [-0.25, -0.2) is 0 Å². The van der Waals surface area contributed by atoms with Gasteiger partial charge in [-0.1, -0.05) is 0 Å². The van der Waals surface area contributed by atoms with Crippen LogP contribution in [-0.4, -0.2) is 22.2 Å². The zero-order valence-corrected chi connectivity index (χ0v) is 8.38. The third-order valence-electron chi connectivity index (χ3n) is 1.41. The van der Waals surface area contributed by atoms with Crippen molar-refractivity contribution in [3.05, 3.63) is 0 Å². The van der Waals surface area contributed by atoms with Gasteiger partial charge in [0.2, 0.25) is 0 Å². The average Bonchev–Trinajstić information content (AvgIpc) is 1.97. The molecule has 0 aromatic rings. The fraction of sp³-hybridized carbons (Fsp3) is 1.00. The topological polar surface area (TPSA) is 9.23 Å². The Bertz CT molecular complexity index is 54.1. The standard InChI is InChI=1S/C4H9O.C4H9.Al.H/c1-2-3-4-5;1-3-4-2;;/h2-4H2,1H3;1,3-4H2,2H3;;/q-1;;+2;-1. The van der Waals surface area contributed by atoms with Crippen molar-refractivity contribution < 1.29 is 5.22 Å². The van der Waals surface area contributed by atoms with E-state index in [1.165, 1.54) is 31.0 Å². The predicted molar refractivity (Wildman–Crippen MR) is 47.4 cm³/mol. The molecule has 0 aromatic heterocycles. The molecule has 2 heteroatoms. The van der Waals surface area contributed by atoms with E-state index in [1.54, 1.807) is 0 Å². The van der Waals surface area contributed by atoms with Crippen LogP contribution in [0.25, 0.3) is 0 Å². The van der Waals surface area contributed by atoms with E-state index in [0.29, 0.717) is 15.6 Å². The average molecular weight is 158 g/mol. The number of rotatable bonds is 7. The second-order valence-electron chi connectivity index (χ2n) is 2.53. The summed E-state index contributed by atoms with van der Waals surface area (Å²) in [7, 11) is 0. The van der Waals surface area contributed by atoms with Gasteiger partial charge in [0, 0.05) is 0 Å². The van der Waals surface area contributed by atoms with Crippen molar-refractivity contribution in [2.24, 2.45) is 0 Å². The van der Waals surface area contributed by atoms with Crippen LogP contribution < -0.4 is 0 Å². The third-order valence-corrected chi connectivity index (χ3v) is 2.52. The molecule has 0 unspecified atom stereocenters. The minimum atomic E-state index is 0. The van der Waals surface area contributed by atoms with E-state index < -0.39 is 0 Å². The Morgan fingerprint density at radius 3 is 2.50 bits per heavy atom. The quantitative estimate of drug-likeness (QED) is 0.409. The molecule has 0 heterocycles. The Kier molecular flexibility index (Phi) is 9.96. The van der Waals surface area contributed by atoms with Gasteiger partial charge in [0.15, 0.2) is 0 Å². The van der Waals surface area contributed by atoms with Gasteiger partial charge in [-0.05, 0) is 0 Å². The second kappa shape index (κ2) is 9.49. The molecule has 0 aliphatic carbocycles. The van der Waals surface area contributed by atoms with Crippen molar-refractivity contribution in [3.8, 4) is 0 Å². The maximum atomic E-state index is 5.46. The second-order valence-corrected chi connectivity index (χ2v) is 3.78. The summed E-state index contributed by atoms with van der Waals surface area (Å²) in [6.45, 7) is 5.42. The molecular formula is C8H19AlO. The van der Waals surface area contributed by atoms with Crippen molar-refractivity contribution in [2.75, 3.05) is 6.61 Å². The Balaban J connectivity index is 0. The maximum Gasteiger partial charge on any atom is -1.00 e. The third kappa shape index (κ3) is 8.49. The van der Waals surface area contributed by atoms with Crippen LogP contribution >= 0.6 is 0 Å². The molecular weight excluding hydrogens is 139 g/mol. The van der Waals surface area contributed by atoms with Crippen LogP contribution in [0, 0.1) is 0 Å². The Morgan fingerprint density at radius 1 is 1.20 bits per heavy atom. The Labute approximate surface area is 72.7 Å². The first-order valence-electron chi connectivity index (χ1n) is 4.35. The predicted octanol–water partition coefficient (Wildman–Crippen LogP) is 2.75. The molecule has 0 rings (SSSR count). The number of hydrogen-bond donors (Lipinski definition) is 0. The van der Waals surface area contributed by atoms with E-state index in [9.17, 15) is 0 Å². The number of unbranched alkanes of at least 4 members (excludes halogenated alkanes) is 2. The summed E-state index contributed by atoms with van der Waals surface area (Å²) in [6, 6.07) is 0. The van der Waals surface area contributed by atoms with Crippen molar-refractivity contribution in [1.82, 2.24) is 0 Å². The Hall–Kier alpha value is 0.492. The van der Waals surface area contributed by atoms with Gasteiger partial charge < -0.3 is 1.43 Å². The van der Waals surface area contributed by atoms with Crippen LogP contribution in [0.1, 0.15) is 41.0 Å².